The van der Waals surface area contributed by atoms with Crippen LogP contribution in [-0.4, -0.2) is 44.5 Å². The van der Waals surface area contributed by atoms with Crippen molar-refractivity contribution in [2.75, 3.05) is 0 Å². The molecule has 1 heterocycles. The number of aromatic amines is 1. The minimum Gasteiger partial charge on any atom is -0.390 e. The number of ketones is 1. The fourth-order valence-corrected chi connectivity index (χ4v) is 7.43. The van der Waals surface area contributed by atoms with Crippen LogP contribution in [0, 0.1) is 11.8 Å². The first-order chi connectivity index (χ1) is 19.3. The topological polar surface area (TPSA) is 90.0 Å². The predicted molar refractivity (Wildman–Crippen MR) is 172 cm³/mol. The van der Waals surface area contributed by atoms with Gasteiger partial charge in [-0.1, -0.05) is 96.2 Å². The lowest BCUT2D eigenvalue weighted by Crippen LogP contribution is -2.45. The Morgan fingerprint density at radius 2 is 1.63 bits per heavy atom. The summed E-state index contributed by atoms with van der Waals surface area (Å²) in [7, 11) is -3.29. The fraction of sp³-hybridized carbons (Fsp3) is 0.625. The van der Waals surface area contributed by atoms with Crippen molar-refractivity contribution in [2.45, 2.75) is 115 Å². The number of allylic oxidation sites excluding steroid dienone is 3. The molecule has 226 valence electrons. The van der Waals surface area contributed by atoms with E-state index in [1.54, 1.807) is 0 Å². The number of benzene rings is 1. The molecule has 0 saturated heterocycles. The van der Waals surface area contributed by atoms with Gasteiger partial charge in [0.2, 0.25) is 0 Å². The van der Waals surface area contributed by atoms with E-state index in [2.05, 4.69) is 124 Å². The number of hydrogen-bond donors (Lipinski definition) is 1. The second-order valence-corrected chi connectivity index (χ2v) is 20.2. The summed E-state index contributed by atoms with van der Waals surface area (Å²) in [5.74, 6) is 0.664. The Hall–Kier alpha value is -2.21. The maximum Gasteiger partial charge on any atom is 0.183 e. The van der Waals surface area contributed by atoms with Gasteiger partial charge in [0.25, 0.3) is 0 Å². The minimum absolute atomic E-state index is 0.0414. The van der Waals surface area contributed by atoms with Gasteiger partial charge in [0.15, 0.2) is 23.9 Å². The average Bonchev–Trinajstić information content (AvgIpc) is 3.55. The van der Waals surface area contributed by atoms with Gasteiger partial charge in [-0.15, -0.1) is 5.10 Å². The number of carbonyl (C=O) groups is 1. The van der Waals surface area contributed by atoms with Crippen molar-refractivity contribution in [3.63, 3.8) is 0 Å². The van der Waals surface area contributed by atoms with E-state index < -0.39 is 23.9 Å². The van der Waals surface area contributed by atoms with Crippen LogP contribution in [0.4, 0.5) is 0 Å². The molecule has 1 aliphatic carbocycles. The van der Waals surface area contributed by atoms with Gasteiger partial charge >= 0.3 is 0 Å². The van der Waals surface area contributed by atoms with Crippen LogP contribution in [0.1, 0.15) is 91.5 Å². The van der Waals surface area contributed by atoms with Gasteiger partial charge in [0, 0.05) is 30.7 Å². The van der Waals surface area contributed by atoms with Crippen molar-refractivity contribution in [1.82, 2.24) is 20.6 Å². The maximum absolute atomic E-state index is 12.8. The summed E-state index contributed by atoms with van der Waals surface area (Å²) in [6.07, 6.45) is 14.6. The zero-order valence-corrected chi connectivity index (χ0v) is 28.8. The molecule has 1 fully saturated rings. The Bertz CT molecular complexity index is 1100. The monoisotopic (exact) mass is 596 g/mol. The summed E-state index contributed by atoms with van der Waals surface area (Å²) < 4.78 is 14.2. The first-order valence-corrected chi connectivity index (χ1v) is 19.7. The lowest BCUT2D eigenvalue weighted by molar-refractivity contribution is -0.130. The number of aryl methyl sites for hydroxylation is 1. The van der Waals surface area contributed by atoms with Crippen molar-refractivity contribution in [3.8, 4) is 0 Å². The number of nitrogens with zero attached hydrogens (tertiary/aromatic N) is 3. The van der Waals surface area contributed by atoms with Gasteiger partial charge in [-0.2, -0.15) is 0 Å². The standard InChI is InChI=1S/C32H52N4O3Si2/c1-30(2,3)40(7)38-32(26-18-12-11-13-19-26,39-41(8)31(4,5)6)24-16-17-25-22-23-28(37)27(25)20-14-9-10-15-21-29-33-35-36-34-29/h9,11-14,16-19,25,27,40-41H,10,15,20-24H2,1-8H3,(H,33,34,35,36)/b14-9-,17-16?. The molecule has 0 spiro atoms. The molecule has 2 aromatic rings. The zero-order chi connectivity index (χ0) is 30.1. The molecule has 3 rings (SSSR count). The molecule has 1 saturated carbocycles. The number of Topliss-reactive ketones (excluding diaryl/α,β-unsaturated/α-hetero) is 1. The second-order valence-electron chi connectivity index (χ2n) is 13.7. The van der Waals surface area contributed by atoms with Crippen LogP contribution >= 0.6 is 0 Å². The Balaban J connectivity index is 1.75. The van der Waals surface area contributed by atoms with E-state index in [1.807, 2.05) is 6.07 Å². The first kappa shape index (κ1) is 33.3. The van der Waals surface area contributed by atoms with Crippen LogP contribution in [0.3, 0.4) is 0 Å². The quantitative estimate of drug-likeness (QED) is 0.107. The molecule has 4 unspecified atom stereocenters. The van der Waals surface area contributed by atoms with Crippen LogP contribution in [-0.2, 0) is 25.9 Å². The smallest absolute Gasteiger partial charge is 0.183 e. The van der Waals surface area contributed by atoms with Crippen LogP contribution < -0.4 is 0 Å². The van der Waals surface area contributed by atoms with Crippen molar-refractivity contribution >= 4 is 23.9 Å². The number of rotatable bonds is 14. The molecule has 1 aromatic heterocycles. The van der Waals surface area contributed by atoms with Gasteiger partial charge in [-0.05, 0) is 65.2 Å². The molecule has 7 nitrogen and oxygen atoms in total. The van der Waals surface area contributed by atoms with E-state index >= 15 is 0 Å². The van der Waals surface area contributed by atoms with Gasteiger partial charge in [0.05, 0.1) is 0 Å². The molecular weight excluding hydrogens is 545 g/mol. The first-order valence-electron chi connectivity index (χ1n) is 15.3. The number of unbranched alkanes of at least 4 members (excludes halogenated alkanes) is 1. The Morgan fingerprint density at radius 1 is 0.976 bits per heavy atom. The highest BCUT2D eigenvalue weighted by atomic mass is 28.3. The SMILES string of the molecule is C[SiH](OC(CC=CC1CCC(=O)C1C/C=C\CCCc1nnn[nH]1)(O[SiH](C)C(C)(C)C)c1ccccc1)C(C)(C)C. The average molecular weight is 597 g/mol. The van der Waals surface area contributed by atoms with Crippen molar-refractivity contribution in [1.29, 1.82) is 0 Å². The van der Waals surface area contributed by atoms with Crippen molar-refractivity contribution in [2.24, 2.45) is 11.8 Å². The van der Waals surface area contributed by atoms with E-state index in [9.17, 15) is 4.79 Å². The third kappa shape index (κ3) is 9.94. The maximum atomic E-state index is 12.8. The molecule has 0 aliphatic heterocycles. The predicted octanol–water partition coefficient (Wildman–Crippen LogP) is 7.20. The normalized spacial score (nSPS) is 21.5. The Labute approximate surface area is 251 Å². The Kier molecular flexibility index (Phi) is 12.0. The fourth-order valence-electron chi connectivity index (χ4n) is 4.90. The molecule has 0 bridgehead atoms. The van der Waals surface area contributed by atoms with Crippen LogP contribution in [0.5, 0.6) is 0 Å². The summed E-state index contributed by atoms with van der Waals surface area (Å²) in [6, 6.07) is 10.5. The van der Waals surface area contributed by atoms with Crippen LogP contribution in [0.2, 0.25) is 23.2 Å². The largest absolute Gasteiger partial charge is 0.390 e. The van der Waals surface area contributed by atoms with Crippen molar-refractivity contribution in [3.05, 3.63) is 66.0 Å². The molecular formula is C32H52N4O3Si2. The van der Waals surface area contributed by atoms with E-state index in [1.165, 1.54) is 0 Å². The van der Waals surface area contributed by atoms with Crippen LogP contribution in [0.25, 0.3) is 0 Å². The molecule has 4 atom stereocenters. The molecule has 0 radical (unpaired) electrons. The summed E-state index contributed by atoms with van der Waals surface area (Å²) >= 11 is 0. The lowest BCUT2D eigenvalue weighted by Gasteiger charge is -2.43. The lowest BCUT2D eigenvalue weighted by atomic mass is 9.91. The molecule has 1 aromatic carbocycles. The summed E-state index contributed by atoms with van der Waals surface area (Å²) in [5.41, 5.74) is 1.08. The molecule has 0 amide bonds. The van der Waals surface area contributed by atoms with E-state index in [4.69, 9.17) is 8.85 Å². The molecule has 41 heavy (non-hydrogen) atoms. The third-order valence-electron chi connectivity index (χ3n) is 8.54. The molecule has 1 N–H and O–H groups in total. The number of aromatic nitrogens is 4. The number of H-pyrrole nitrogens is 1. The van der Waals surface area contributed by atoms with Gasteiger partial charge in [0.1, 0.15) is 11.6 Å². The van der Waals surface area contributed by atoms with E-state index in [0.29, 0.717) is 18.6 Å². The summed E-state index contributed by atoms with van der Waals surface area (Å²) in [4.78, 5) is 12.8. The highest BCUT2D eigenvalue weighted by Gasteiger charge is 2.42. The second kappa shape index (κ2) is 14.8. The number of hydrogen-bond acceptors (Lipinski definition) is 6. The van der Waals surface area contributed by atoms with E-state index in [-0.39, 0.29) is 21.9 Å². The van der Waals surface area contributed by atoms with Crippen LogP contribution in [0.15, 0.2) is 54.6 Å². The number of tetrazole rings is 1. The van der Waals surface area contributed by atoms with Gasteiger partial charge < -0.3 is 8.85 Å². The molecule has 1 aliphatic rings. The van der Waals surface area contributed by atoms with E-state index in [0.717, 1.165) is 43.5 Å². The summed E-state index contributed by atoms with van der Waals surface area (Å²) in [5, 5.41) is 14.2. The number of carbonyl (C=O) groups excluding carboxylic acids is 1. The number of nitrogens with one attached hydrogen (secondary N) is 1. The highest BCUT2D eigenvalue weighted by Crippen LogP contribution is 2.42. The molecule has 9 heteroatoms. The third-order valence-corrected chi connectivity index (χ3v) is 14.9. The Morgan fingerprint density at radius 3 is 2.22 bits per heavy atom. The summed E-state index contributed by atoms with van der Waals surface area (Å²) in [6.45, 7) is 18.2. The van der Waals surface area contributed by atoms with Gasteiger partial charge in [-0.3, -0.25) is 4.79 Å². The minimum atomic E-state index is -1.64. The highest BCUT2D eigenvalue weighted by molar-refractivity contribution is 6.55. The zero-order valence-electron chi connectivity index (χ0n) is 26.5. The van der Waals surface area contributed by atoms with Crippen molar-refractivity contribution < 1.29 is 13.6 Å². The van der Waals surface area contributed by atoms with Gasteiger partial charge in [-0.25, -0.2) is 5.10 Å².